The Labute approximate surface area is 179 Å². The molecule has 7 nitrogen and oxygen atoms in total. The lowest BCUT2D eigenvalue weighted by Crippen LogP contribution is -2.06. The number of nitrogens with one attached hydrogen (secondary N) is 1. The van der Waals surface area contributed by atoms with Crippen LogP contribution in [0.2, 0.25) is 0 Å². The Balaban J connectivity index is 2.02. The van der Waals surface area contributed by atoms with Crippen LogP contribution in [0.15, 0.2) is 53.4 Å². The van der Waals surface area contributed by atoms with Crippen molar-refractivity contribution in [1.82, 2.24) is 0 Å². The molecule has 0 aliphatic carbocycles. The zero-order valence-electron chi connectivity index (χ0n) is 16.8. The molecule has 0 unspecified atom stereocenters. The molecule has 2 aromatic carbocycles. The smallest absolute Gasteiger partial charge is 0.205 e. The van der Waals surface area contributed by atoms with Crippen molar-refractivity contribution in [2.45, 2.75) is 11.8 Å². The summed E-state index contributed by atoms with van der Waals surface area (Å²) in [5.74, 6) is 0.846. The van der Waals surface area contributed by atoms with E-state index >= 15 is 0 Å². The highest BCUT2D eigenvalue weighted by molar-refractivity contribution is 7.91. The number of thiophene rings is 1. The standard InChI is InChI=1S/C21H22N2O5S2/c1-4-28-15-10-8-14(9-11-15)23-21-20(30(3,25)26)17(22)19(29-21)18(24)13-6-5-7-16(12-13)27-2/h5-12,23H,4,22H2,1-3H3. The van der Waals surface area contributed by atoms with Crippen LogP contribution < -0.4 is 20.5 Å². The minimum atomic E-state index is -3.69. The van der Waals surface area contributed by atoms with Gasteiger partial charge in [0.1, 0.15) is 26.3 Å². The largest absolute Gasteiger partial charge is 0.497 e. The second kappa shape index (κ2) is 8.76. The number of methoxy groups -OCH3 is 1. The van der Waals surface area contributed by atoms with Crippen LogP contribution in [-0.2, 0) is 9.84 Å². The minimum Gasteiger partial charge on any atom is -0.497 e. The number of rotatable bonds is 8. The first kappa shape index (κ1) is 21.7. The maximum absolute atomic E-state index is 13.0. The normalized spacial score (nSPS) is 11.2. The fourth-order valence-corrected chi connectivity index (χ4v) is 5.41. The van der Waals surface area contributed by atoms with E-state index in [0.29, 0.717) is 29.4 Å². The summed E-state index contributed by atoms with van der Waals surface area (Å²) in [7, 11) is -2.18. The lowest BCUT2D eigenvalue weighted by molar-refractivity contribution is 0.104. The molecule has 3 N–H and O–H groups in total. The van der Waals surface area contributed by atoms with Gasteiger partial charge in [0.05, 0.1) is 19.4 Å². The van der Waals surface area contributed by atoms with Gasteiger partial charge in [0.25, 0.3) is 0 Å². The van der Waals surface area contributed by atoms with E-state index in [-0.39, 0.29) is 26.2 Å². The van der Waals surface area contributed by atoms with Gasteiger partial charge in [-0.15, -0.1) is 11.3 Å². The van der Waals surface area contributed by atoms with Crippen molar-refractivity contribution >= 4 is 43.3 Å². The number of hydrogen-bond acceptors (Lipinski definition) is 8. The first-order chi connectivity index (χ1) is 14.2. The van der Waals surface area contributed by atoms with Gasteiger partial charge in [-0.05, 0) is 43.3 Å². The predicted octanol–water partition coefficient (Wildman–Crippen LogP) is 4.12. The van der Waals surface area contributed by atoms with E-state index in [9.17, 15) is 13.2 Å². The molecule has 3 aromatic rings. The first-order valence-electron chi connectivity index (χ1n) is 9.05. The van der Waals surface area contributed by atoms with Crippen LogP contribution in [0.3, 0.4) is 0 Å². The van der Waals surface area contributed by atoms with Gasteiger partial charge < -0.3 is 20.5 Å². The van der Waals surface area contributed by atoms with Crippen LogP contribution in [0, 0.1) is 0 Å². The van der Waals surface area contributed by atoms with Crippen molar-refractivity contribution in [3.05, 3.63) is 59.0 Å². The number of nitrogens with two attached hydrogens (primary N) is 1. The Morgan fingerprint density at radius 1 is 1.13 bits per heavy atom. The van der Waals surface area contributed by atoms with Crippen molar-refractivity contribution in [2.75, 3.05) is 31.0 Å². The number of sulfone groups is 1. The Morgan fingerprint density at radius 2 is 1.83 bits per heavy atom. The molecular formula is C21H22N2O5S2. The monoisotopic (exact) mass is 446 g/mol. The maximum Gasteiger partial charge on any atom is 0.205 e. The maximum atomic E-state index is 13.0. The Morgan fingerprint density at radius 3 is 2.43 bits per heavy atom. The average Bonchev–Trinajstić information content (AvgIpc) is 3.05. The summed E-state index contributed by atoms with van der Waals surface area (Å²) in [6.45, 7) is 2.43. The Hall–Kier alpha value is -3.04. The van der Waals surface area contributed by atoms with Gasteiger partial charge in [-0.3, -0.25) is 4.79 Å². The van der Waals surface area contributed by atoms with Crippen LogP contribution in [0.25, 0.3) is 0 Å². The lowest BCUT2D eigenvalue weighted by Gasteiger charge is -2.08. The van der Waals surface area contributed by atoms with E-state index in [0.717, 1.165) is 17.6 Å². The van der Waals surface area contributed by atoms with Crippen molar-refractivity contribution in [3.63, 3.8) is 0 Å². The second-order valence-corrected chi connectivity index (χ2v) is 9.39. The van der Waals surface area contributed by atoms with Gasteiger partial charge in [0.2, 0.25) is 5.78 Å². The summed E-state index contributed by atoms with van der Waals surface area (Å²) in [5, 5.41) is 3.35. The first-order valence-corrected chi connectivity index (χ1v) is 11.8. The molecule has 0 radical (unpaired) electrons. The number of carbonyl (C=O) groups excluding carboxylic acids is 1. The van der Waals surface area contributed by atoms with Gasteiger partial charge >= 0.3 is 0 Å². The average molecular weight is 447 g/mol. The van der Waals surface area contributed by atoms with Crippen molar-refractivity contribution in [2.24, 2.45) is 0 Å². The van der Waals surface area contributed by atoms with Gasteiger partial charge in [-0.25, -0.2) is 8.42 Å². The summed E-state index contributed by atoms with van der Waals surface area (Å²) in [5.41, 5.74) is 7.07. The highest BCUT2D eigenvalue weighted by Crippen LogP contribution is 2.42. The third-order valence-corrected chi connectivity index (χ3v) is 6.65. The number of anilines is 3. The molecule has 0 bridgehead atoms. The quantitative estimate of drug-likeness (QED) is 0.501. The van der Waals surface area contributed by atoms with Gasteiger partial charge in [-0.2, -0.15) is 0 Å². The molecule has 30 heavy (non-hydrogen) atoms. The molecule has 0 aliphatic rings. The molecule has 0 spiro atoms. The molecular weight excluding hydrogens is 424 g/mol. The fourth-order valence-electron chi connectivity index (χ4n) is 2.88. The van der Waals surface area contributed by atoms with Gasteiger partial charge in [0.15, 0.2) is 9.84 Å². The number of hydrogen-bond donors (Lipinski definition) is 2. The number of ether oxygens (including phenoxy) is 2. The number of ketones is 1. The number of nitrogen functional groups attached to an aromatic ring is 1. The Bertz CT molecular complexity index is 1170. The third-order valence-electron chi connectivity index (χ3n) is 4.23. The summed E-state index contributed by atoms with van der Waals surface area (Å²) in [4.78, 5) is 13.1. The molecule has 9 heteroatoms. The van der Waals surface area contributed by atoms with E-state index in [2.05, 4.69) is 5.32 Å². The molecule has 1 aromatic heterocycles. The van der Waals surface area contributed by atoms with E-state index < -0.39 is 9.84 Å². The van der Waals surface area contributed by atoms with E-state index in [1.54, 1.807) is 48.5 Å². The zero-order chi connectivity index (χ0) is 21.9. The molecule has 0 saturated heterocycles. The summed E-state index contributed by atoms with van der Waals surface area (Å²) in [6, 6.07) is 13.7. The fraction of sp³-hybridized carbons (Fsp3) is 0.190. The molecule has 0 fully saturated rings. The predicted molar refractivity (Wildman–Crippen MR) is 119 cm³/mol. The third kappa shape index (κ3) is 4.58. The van der Waals surface area contributed by atoms with Crippen LogP contribution in [0.1, 0.15) is 22.2 Å². The molecule has 0 saturated carbocycles. The SMILES string of the molecule is CCOc1ccc(Nc2sc(C(=O)c3cccc(OC)c3)c(N)c2S(C)(=O)=O)cc1. The molecule has 3 rings (SSSR count). The second-order valence-electron chi connectivity index (χ2n) is 6.42. The van der Waals surface area contributed by atoms with Gasteiger partial charge in [0, 0.05) is 17.5 Å². The van der Waals surface area contributed by atoms with Crippen molar-refractivity contribution in [3.8, 4) is 11.5 Å². The highest BCUT2D eigenvalue weighted by atomic mass is 32.2. The highest BCUT2D eigenvalue weighted by Gasteiger charge is 2.28. The van der Waals surface area contributed by atoms with Gasteiger partial charge in [-0.1, -0.05) is 12.1 Å². The Kier molecular flexibility index (Phi) is 6.33. The van der Waals surface area contributed by atoms with E-state index in [4.69, 9.17) is 15.2 Å². The lowest BCUT2D eigenvalue weighted by atomic mass is 10.1. The molecule has 0 aliphatic heterocycles. The minimum absolute atomic E-state index is 0.0660. The summed E-state index contributed by atoms with van der Waals surface area (Å²) in [6.07, 6.45) is 1.06. The van der Waals surface area contributed by atoms with E-state index in [1.165, 1.54) is 7.11 Å². The van der Waals surface area contributed by atoms with Crippen LogP contribution in [0.4, 0.5) is 16.4 Å². The topological polar surface area (TPSA) is 108 Å². The van der Waals surface area contributed by atoms with Crippen LogP contribution >= 0.6 is 11.3 Å². The number of benzene rings is 2. The van der Waals surface area contributed by atoms with Crippen molar-refractivity contribution in [1.29, 1.82) is 0 Å². The summed E-state index contributed by atoms with van der Waals surface area (Å²) >= 11 is 1.00. The van der Waals surface area contributed by atoms with E-state index in [1.807, 2.05) is 6.92 Å². The molecule has 158 valence electrons. The van der Waals surface area contributed by atoms with Crippen molar-refractivity contribution < 1.29 is 22.7 Å². The number of carbonyl (C=O) groups is 1. The molecule has 1 heterocycles. The molecule has 0 amide bonds. The van der Waals surface area contributed by atoms with Crippen LogP contribution in [-0.4, -0.2) is 34.2 Å². The van der Waals surface area contributed by atoms with Crippen LogP contribution in [0.5, 0.6) is 11.5 Å². The summed E-state index contributed by atoms with van der Waals surface area (Å²) < 4.78 is 35.4. The zero-order valence-corrected chi connectivity index (χ0v) is 18.4. The molecule has 0 atom stereocenters.